The molecule has 0 bridgehead atoms. The van der Waals surface area contributed by atoms with Gasteiger partial charge in [0.25, 0.3) is 0 Å². The van der Waals surface area contributed by atoms with Crippen molar-refractivity contribution in [2.24, 2.45) is 0 Å². The second kappa shape index (κ2) is 5.42. The van der Waals surface area contributed by atoms with Gasteiger partial charge >= 0.3 is 0 Å². The summed E-state index contributed by atoms with van der Waals surface area (Å²) < 4.78 is 0. The number of ketones is 1. The van der Waals surface area contributed by atoms with Crippen molar-refractivity contribution in [3.63, 3.8) is 0 Å². The molecule has 0 aromatic heterocycles. The third-order valence-corrected chi connectivity index (χ3v) is 3.01. The van der Waals surface area contributed by atoms with E-state index in [1.54, 1.807) is 18.7 Å². The molecule has 0 spiro atoms. The lowest BCUT2D eigenvalue weighted by atomic mass is 10.0. The summed E-state index contributed by atoms with van der Waals surface area (Å²) in [4.78, 5) is 12.2. The van der Waals surface area contributed by atoms with Gasteiger partial charge in [-0.15, -0.1) is 23.4 Å². The van der Waals surface area contributed by atoms with E-state index in [9.17, 15) is 4.79 Å². The Morgan fingerprint density at radius 2 is 2.14 bits per heavy atom. The summed E-state index contributed by atoms with van der Waals surface area (Å²) in [6.07, 6.45) is 2.51. The fourth-order valence-electron chi connectivity index (χ4n) is 1.29. The van der Waals surface area contributed by atoms with Gasteiger partial charge in [-0.05, 0) is 36.4 Å². The summed E-state index contributed by atoms with van der Waals surface area (Å²) in [6.45, 7) is 1.60. The second-order valence-corrected chi connectivity index (χ2v) is 4.29. The van der Waals surface area contributed by atoms with Gasteiger partial charge in [0.05, 0.1) is 0 Å². The molecule has 1 nitrogen and oxygen atoms in total. The second-order valence-electron chi connectivity index (χ2n) is 3.15. The van der Waals surface area contributed by atoms with Gasteiger partial charge in [0.2, 0.25) is 0 Å². The van der Waals surface area contributed by atoms with Crippen molar-refractivity contribution in [1.29, 1.82) is 0 Å². The molecule has 0 aliphatic heterocycles. The molecule has 0 radical (unpaired) electrons. The number of carbonyl (C=O) groups is 1. The molecule has 0 aliphatic rings. The predicted molar refractivity (Wildman–Crippen MR) is 62.2 cm³/mol. The highest BCUT2D eigenvalue weighted by molar-refractivity contribution is 7.98. The van der Waals surface area contributed by atoms with E-state index in [4.69, 9.17) is 11.6 Å². The lowest BCUT2D eigenvalue weighted by Gasteiger charge is -2.06. The molecule has 0 atom stereocenters. The molecule has 1 aromatic rings. The summed E-state index contributed by atoms with van der Waals surface area (Å²) in [7, 11) is 0. The van der Waals surface area contributed by atoms with Crippen LogP contribution in [0.2, 0.25) is 0 Å². The molecule has 14 heavy (non-hydrogen) atoms. The van der Waals surface area contributed by atoms with Crippen molar-refractivity contribution >= 4 is 29.1 Å². The highest BCUT2D eigenvalue weighted by Crippen LogP contribution is 2.21. The van der Waals surface area contributed by atoms with Crippen molar-refractivity contribution in [2.45, 2.75) is 24.1 Å². The molecular formula is C11H13ClOS. The van der Waals surface area contributed by atoms with E-state index in [0.29, 0.717) is 12.3 Å². The van der Waals surface area contributed by atoms with E-state index >= 15 is 0 Å². The standard InChI is InChI=1S/C11H13ClOS/c1-8(13)5-9-3-4-11(14-2)6-10(9)7-12/h3-4,6H,5,7H2,1-2H3. The number of halogens is 1. The van der Waals surface area contributed by atoms with Crippen molar-refractivity contribution in [3.05, 3.63) is 29.3 Å². The Kier molecular flexibility index (Phi) is 4.49. The minimum absolute atomic E-state index is 0.174. The first-order valence-electron chi connectivity index (χ1n) is 4.38. The predicted octanol–water partition coefficient (Wildman–Crippen LogP) is 3.28. The van der Waals surface area contributed by atoms with E-state index in [0.717, 1.165) is 11.1 Å². The molecule has 0 heterocycles. The first-order chi connectivity index (χ1) is 6.67. The lowest BCUT2D eigenvalue weighted by Crippen LogP contribution is -2.00. The molecule has 1 rings (SSSR count). The molecule has 0 N–H and O–H groups in total. The maximum Gasteiger partial charge on any atom is 0.134 e. The first kappa shape index (κ1) is 11.6. The Labute approximate surface area is 93.8 Å². The normalized spacial score (nSPS) is 10.2. The zero-order valence-corrected chi connectivity index (χ0v) is 9.91. The van der Waals surface area contributed by atoms with Gasteiger partial charge in [0.15, 0.2) is 0 Å². The van der Waals surface area contributed by atoms with Gasteiger partial charge in [-0.3, -0.25) is 4.79 Å². The summed E-state index contributed by atoms with van der Waals surface area (Å²) in [5.41, 5.74) is 2.11. The van der Waals surface area contributed by atoms with Crippen LogP contribution in [0.1, 0.15) is 18.1 Å². The number of rotatable bonds is 4. The molecule has 3 heteroatoms. The minimum Gasteiger partial charge on any atom is -0.300 e. The van der Waals surface area contributed by atoms with Crippen LogP contribution in [0.4, 0.5) is 0 Å². The van der Waals surface area contributed by atoms with Crippen molar-refractivity contribution in [1.82, 2.24) is 0 Å². The molecular weight excluding hydrogens is 216 g/mol. The summed E-state index contributed by atoms with van der Waals surface area (Å²) in [6, 6.07) is 6.07. The van der Waals surface area contributed by atoms with E-state index in [1.165, 1.54) is 4.90 Å². The Bertz CT molecular complexity index is 336. The highest BCUT2D eigenvalue weighted by Gasteiger charge is 2.05. The largest absolute Gasteiger partial charge is 0.300 e. The van der Waals surface area contributed by atoms with E-state index in [1.807, 2.05) is 18.4 Å². The maximum absolute atomic E-state index is 11.0. The zero-order valence-electron chi connectivity index (χ0n) is 8.34. The van der Waals surface area contributed by atoms with Crippen LogP contribution in [-0.2, 0) is 17.1 Å². The smallest absolute Gasteiger partial charge is 0.134 e. The monoisotopic (exact) mass is 228 g/mol. The molecule has 0 saturated carbocycles. The third-order valence-electron chi connectivity index (χ3n) is 2.00. The fraction of sp³-hybridized carbons (Fsp3) is 0.364. The Balaban J connectivity index is 2.98. The molecule has 1 aromatic carbocycles. The summed E-state index contributed by atoms with van der Waals surface area (Å²) in [5.74, 6) is 0.644. The summed E-state index contributed by atoms with van der Waals surface area (Å²) >= 11 is 7.51. The Morgan fingerprint density at radius 3 is 2.64 bits per heavy atom. The number of hydrogen-bond acceptors (Lipinski definition) is 2. The van der Waals surface area contributed by atoms with Gasteiger partial charge in [0.1, 0.15) is 5.78 Å². The van der Waals surface area contributed by atoms with E-state index < -0.39 is 0 Å². The molecule has 0 amide bonds. The van der Waals surface area contributed by atoms with Gasteiger partial charge in [-0.25, -0.2) is 0 Å². The molecule has 0 saturated heterocycles. The van der Waals surface area contributed by atoms with Crippen molar-refractivity contribution < 1.29 is 4.79 Å². The minimum atomic E-state index is 0.174. The topological polar surface area (TPSA) is 17.1 Å². The van der Waals surface area contributed by atoms with Gasteiger partial charge in [0, 0.05) is 17.2 Å². The number of alkyl halides is 1. The lowest BCUT2D eigenvalue weighted by molar-refractivity contribution is -0.116. The fourth-order valence-corrected chi connectivity index (χ4v) is 2.01. The van der Waals surface area contributed by atoms with Crippen LogP contribution in [0.5, 0.6) is 0 Å². The first-order valence-corrected chi connectivity index (χ1v) is 6.14. The maximum atomic E-state index is 11.0. The number of carbonyl (C=O) groups excluding carboxylic acids is 1. The van der Waals surface area contributed by atoms with Crippen LogP contribution in [0.15, 0.2) is 23.1 Å². The van der Waals surface area contributed by atoms with Crippen LogP contribution in [-0.4, -0.2) is 12.0 Å². The Hall–Kier alpha value is -0.470. The highest BCUT2D eigenvalue weighted by atomic mass is 35.5. The van der Waals surface area contributed by atoms with Crippen LogP contribution in [0.25, 0.3) is 0 Å². The van der Waals surface area contributed by atoms with Crippen LogP contribution in [0, 0.1) is 0 Å². The van der Waals surface area contributed by atoms with E-state index in [-0.39, 0.29) is 5.78 Å². The quantitative estimate of drug-likeness (QED) is 0.581. The van der Waals surface area contributed by atoms with E-state index in [2.05, 4.69) is 6.07 Å². The molecule has 76 valence electrons. The Morgan fingerprint density at radius 1 is 1.43 bits per heavy atom. The average Bonchev–Trinajstić information content (AvgIpc) is 2.17. The third kappa shape index (κ3) is 3.03. The number of hydrogen-bond donors (Lipinski definition) is 0. The van der Waals surface area contributed by atoms with Gasteiger partial charge in [-0.2, -0.15) is 0 Å². The molecule has 0 unspecified atom stereocenters. The molecule has 0 aliphatic carbocycles. The van der Waals surface area contributed by atoms with Crippen molar-refractivity contribution in [3.8, 4) is 0 Å². The van der Waals surface area contributed by atoms with Crippen LogP contribution < -0.4 is 0 Å². The SMILES string of the molecule is CSc1ccc(CC(C)=O)c(CCl)c1. The summed E-state index contributed by atoms with van der Waals surface area (Å²) in [5, 5.41) is 0. The molecule has 0 fully saturated rings. The van der Waals surface area contributed by atoms with Gasteiger partial charge < -0.3 is 0 Å². The average molecular weight is 229 g/mol. The zero-order chi connectivity index (χ0) is 10.6. The van der Waals surface area contributed by atoms with Crippen molar-refractivity contribution in [2.75, 3.05) is 6.26 Å². The van der Waals surface area contributed by atoms with Crippen LogP contribution in [0.3, 0.4) is 0 Å². The van der Waals surface area contributed by atoms with Gasteiger partial charge in [-0.1, -0.05) is 6.07 Å². The number of thioether (sulfide) groups is 1. The number of benzene rings is 1. The number of Topliss-reactive ketones (excluding diaryl/α,β-unsaturated/α-hetero) is 1. The van der Waals surface area contributed by atoms with Crippen LogP contribution >= 0.6 is 23.4 Å².